The predicted molar refractivity (Wildman–Crippen MR) is 54.5 cm³/mol. The summed E-state index contributed by atoms with van der Waals surface area (Å²) in [6.45, 7) is 4.19. The summed E-state index contributed by atoms with van der Waals surface area (Å²) in [5.41, 5.74) is 5.86. The Morgan fingerprint density at radius 3 is 2.71 bits per heavy atom. The van der Waals surface area contributed by atoms with Gasteiger partial charge in [0, 0.05) is 0 Å². The molecule has 1 rings (SSSR count). The van der Waals surface area contributed by atoms with Crippen LogP contribution in [-0.2, 0) is 4.79 Å². The predicted octanol–water partition coefficient (Wildman–Crippen LogP) is -1.53. The van der Waals surface area contributed by atoms with Crippen LogP contribution in [0.25, 0.3) is 0 Å². The third-order valence-electron chi connectivity index (χ3n) is 2.03. The van der Waals surface area contributed by atoms with E-state index in [9.17, 15) is 4.79 Å². The zero-order chi connectivity index (χ0) is 10.6. The molecular weight excluding hydrogens is 289 g/mol. The minimum absolute atomic E-state index is 0.118. The molecule has 2 nitrogen and oxygen atoms in total. The van der Waals surface area contributed by atoms with Crippen molar-refractivity contribution >= 4 is 5.78 Å². The van der Waals surface area contributed by atoms with Crippen LogP contribution in [0.15, 0.2) is 22.3 Å². The average molecular weight is 306 g/mol. The SMILES string of the molecule is CC(C)C[C@H](N)C(=O)C1C=CC=C[I-]1. The molecule has 14 heavy (non-hydrogen) atoms. The number of carbonyl (C=O) groups is 1. The van der Waals surface area contributed by atoms with Crippen LogP contribution in [0.3, 0.4) is 0 Å². The van der Waals surface area contributed by atoms with Crippen LogP contribution < -0.4 is 26.9 Å². The first-order chi connectivity index (χ1) is 6.61. The van der Waals surface area contributed by atoms with Gasteiger partial charge in [0.05, 0.1) is 0 Å². The molecule has 0 aliphatic carbocycles. The molecule has 80 valence electrons. The van der Waals surface area contributed by atoms with Gasteiger partial charge in [0.1, 0.15) is 0 Å². The van der Waals surface area contributed by atoms with Gasteiger partial charge in [-0.15, -0.1) is 0 Å². The van der Waals surface area contributed by atoms with Crippen LogP contribution in [0.1, 0.15) is 20.3 Å². The summed E-state index contributed by atoms with van der Waals surface area (Å²) in [7, 11) is 0. The van der Waals surface area contributed by atoms with Crippen molar-refractivity contribution in [2.75, 3.05) is 0 Å². The summed E-state index contributed by atoms with van der Waals surface area (Å²) in [4.78, 5) is 11.9. The Labute approximate surface area is 95.9 Å². The van der Waals surface area contributed by atoms with Gasteiger partial charge in [-0.3, -0.25) is 0 Å². The summed E-state index contributed by atoms with van der Waals surface area (Å²) in [5, 5.41) is 0. The quantitative estimate of drug-likeness (QED) is 0.506. The van der Waals surface area contributed by atoms with Crippen LogP contribution in [-0.4, -0.2) is 15.7 Å². The molecule has 0 aromatic rings. The van der Waals surface area contributed by atoms with Gasteiger partial charge in [0.2, 0.25) is 0 Å². The maximum absolute atomic E-state index is 11.9. The molecule has 2 N–H and O–H groups in total. The normalized spacial score (nSPS) is 23.3. The molecule has 0 amide bonds. The van der Waals surface area contributed by atoms with E-state index in [4.69, 9.17) is 5.73 Å². The molecule has 0 spiro atoms. The van der Waals surface area contributed by atoms with Crippen LogP contribution in [0, 0.1) is 5.92 Å². The van der Waals surface area contributed by atoms with E-state index < -0.39 is 0 Å². The number of rotatable bonds is 4. The molecule has 2 atom stereocenters. The second-order valence-corrected chi connectivity index (χ2v) is 6.65. The molecule has 0 aromatic heterocycles. The number of hydrogen-bond donors (Lipinski definition) is 1. The zero-order valence-electron chi connectivity index (χ0n) is 8.61. The fraction of sp³-hybridized carbons (Fsp3) is 0.545. The molecule has 0 saturated carbocycles. The molecule has 1 heterocycles. The van der Waals surface area contributed by atoms with Crippen LogP contribution in [0.4, 0.5) is 0 Å². The number of carbonyl (C=O) groups excluding carboxylic acids is 1. The van der Waals surface area contributed by atoms with E-state index in [1.807, 2.05) is 18.2 Å². The van der Waals surface area contributed by atoms with Gasteiger partial charge in [-0.05, 0) is 0 Å². The van der Waals surface area contributed by atoms with E-state index in [0.29, 0.717) is 5.92 Å². The first-order valence-corrected chi connectivity index (χ1v) is 7.35. The summed E-state index contributed by atoms with van der Waals surface area (Å²) in [5.74, 6) is 0.724. The first kappa shape index (κ1) is 11.9. The zero-order valence-corrected chi connectivity index (χ0v) is 10.8. The van der Waals surface area contributed by atoms with Crippen LogP contribution in [0.5, 0.6) is 0 Å². The molecule has 1 aliphatic rings. The van der Waals surface area contributed by atoms with E-state index in [-0.39, 0.29) is 37.0 Å². The minimum atomic E-state index is -0.268. The maximum atomic E-state index is 11.9. The number of halogens is 1. The van der Waals surface area contributed by atoms with E-state index in [0.717, 1.165) is 6.42 Å². The Balaban J connectivity index is 2.48. The van der Waals surface area contributed by atoms with Gasteiger partial charge >= 0.3 is 96.0 Å². The molecule has 0 fully saturated rings. The first-order valence-electron chi connectivity index (χ1n) is 4.86. The van der Waals surface area contributed by atoms with Crippen LogP contribution >= 0.6 is 0 Å². The summed E-state index contributed by atoms with van der Waals surface area (Å²) in [6.07, 6.45) is 6.77. The van der Waals surface area contributed by atoms with Crippen molar-refractivity contribution in [1.29, 1.82) is 0 Å². The van der Waals surface area contributed by atoms with E-state index in [1.54, 1.807) is 0 Å². The number of ketones is 1. The number of Topliss-reactive ketones (excluding diaryl/α,β-unsaturated/α-hetero) is 1. The Hall–Kier alpha value is -0.160. The van der Waals surface area contributed by atoms with Crippen molar-refractivity contribution < 1.29 is 26.0 Å². The molecule has 1 unspecified atom stereocenters. The van der Waals surface area contributed by atoms with E-state index in [1.165, 1.54) is 0 Å². The van der Waals surface area contributed by atoms with Crippen molar-refractivity contribution in [3.63, 3.8) is 0 Å². The Morgan fingerprint density at radius 1 is 1.50 bits per heavy atom. The molecule has 3 heteroatoms. The van der Waals surface area contributed by atoms with Gasteiger partial charge < -0.3 is 0 Å². The number of nitrogens with two attached hydrogens (primary N) is 1. The molecule has 0 bridgehead atoms. The van der Waals surface area contributed by atoms with Gasteiger partial charge in [0.15, 0.2) is 0 Å². The van der Waals surface area contributed by atoms with E-state index in [2.05, 4.69) is 17.9 Å². The van der Waals surface area contributed by atoms with Crippen molar-refractivity contribution in [2.45, 2.75) is 30.2 Å². The molecule has 0 radical (unpaired) electrons. The number of allylic oxidation sites excluding steroid dienone is 3. The molecule has 0 saturated heterocycles. The average Bonchev–Trinajstić information content (AvgIpc) is 2.17. The van der Waals surface area contributed by atoms with Crippen LogP contribution in [0.2, 0.25) is 0 Å². The summed E-state index contributed by atoms with van der Waals surface area (Å²) in [6, 6.07) is -0.268. The van der Waals surface area contributed by atoms with Gasteiger partial charge in [-0.1, -0.05) is 0 Å². The fourth-order valence-corrected chi connectivity index (χ4v) is 3.57. The number of hydrogen-bond acceptors (Lipinski definition) is 2. The molecular formula is C11H17INO-. The van der Waals surface area contributed by atoms with Crippen molar-refractivity contribution in [1.82, 2.24) is 0 Å². The Kier molecular flexibility index (Phi) is 4.81. The van der Waals surface area contributed by atoms with Gasteiger partial charge in [-0.2, -0.15) is 0 Å². The topological polar surface area (TPSA) is 43.1 Å². The third-order valence-corrected chi connectivity index (χ3v) is 4.67. The summed E-state index contributed by atoms with van der Waals surface area (Å²) >= 11 is -0.148. The second-order valence-electron chi connectivity index (χ2n) is 3.87. The van der Waals surface area contributed by atoms with Gasteiger partial charge in [-0.25, -0.2) is 0 Å². The molecule has 1 aliphatic heterocycles. The third kappa shape index (κ3) is 3.53. The van der Waals surface area contributed by atoms with Crippen molar-refractivity contribution in [2.24, 2.45) is 11.7 Å². The standard InChI is InChI=1S/C11H17INO/c1-8(2)7-10(13)11(14)9-5-3-4-6-12-9/h3-6,8-10H,7,13H2,1-2H3/q-1/t9?,10-/m0/s1. The second kappa shape index (κ2) is 5.66. The summed E-state index contributed by atoms with van der Waals surface area (Å²) < 4.78 is 2.25. The van der Waals surface area contributed by atoms with E-state index >= 15 is 0 Å². The van der Waals surface area contributed by atoms with Crippen molar-refractivity contribution in [3.8, 4) is 0 Å². The monoisotopic (exact) mass is 306 g/mol. The van der Waals surface area contributed by atoms with Gasteiger partial charge in [0.25, 0.3) is 0 Å². The Bertz CT molecular complexity index is 258. The molecule has 0 aromatic carbocycles. The fourth-order valence-electron chi connectivity index (χ4n) is 1.35. The number of alkyl halides is 1. The Morgan fingerprint density at radius 2 is 2.21 bits per heavy atom. The van der Waals surface area contributed by atoms with Crippen molar-refractivity contribution in [3.05, 3.63) is 22.3 Å².